The van der Waals surface area contributed by atoms with Gasteiger partial charge in [-0.1, -0.05) is 11.6 Å². The van der Waals surface area contributed by atoms with Gasteiger partial charge in [-0.2, -0.15) is 26.6 Å². The minimum Gasteiger partial charge on any atom is -0.364 e. The first kappa shape index (κ1) is 20.8. The lowest BCUT2D eigenvalue weighted by molar-refractivity contribution is -0.0500. The van der Waals surface area contributed by atoms with Gasteiger partial charge >= 0.3 is 15.6 Å². The zero-order valence-corrected chi connectivity index (χ0v) is 15.9. The highest BCUT2D eigenvalue weighted by atomic mass is 35.5. The van der Waals surface area contributed by atoms with Gasteiger partial charge in [-0.05, 0) is 25.6 Å². The molecule has 154 valence electrons. The van der Waals surface area contributed by atoms with Crippen molar-refractivity contribution in [2.45, 2.75) is 24.1 Å². The van der Waals surface area contributed by atoms with Crippen molar-refractivity contribution in [2.75, 3.05) is 25.5 Å². The summed E-state index contributed by atoms with van der Waals surface area (Å²) < 4.78 is 79.0. The van der Waals surface area contributed by atoms with E-state index < -0.39 is 33.7 Å². The standard InChI is InChI=1S/C15H15ClF4N4O3S/c1-24-5-3-11(10(17)7-24)22-13-9-6-12(16)23-14(8(9)2-4-21-13)27-28(25,26)15(18,19)20/h2,4,6,10-11H,3,5,7H2,1H3,(H,21,22)/t10-,11+/m0/s1. The Hall–Kier alpha value is -1.92. The molecule has 0 aliphatic carbocycles. The van der Waals surface area contributed by atoms with E-state index in [4.69, 9.17) is 11.6 Å². The number of rotatable bonds is 4. The molecule has 0 bridgehead atoms. The van der Waals surface area contributed by atoms with E-state index in [2.05, 4.69) is 19.5 Å². The molecule has 0 aromatic carbocycles. The van der Waals surface area contributed by atoms with Crippen LogP contribution < -0.4 is 9.50 Å². The third kappa shape index (κ3) is 4.23. The van der Waals surface area contributed by atoms with Crippen LogP contribution in [0.2, 0.25) is 5.15 Å². The van der Waals surface area contributed by atoms with Crippen molar-refractivity contribution in [1.29, 1.82) is 0 Å². The van der Waals surface area contributed by atoms with Crippen LogP contribution in [0.25, 0.3) is 10.8 Å². The maximum absolute atomic E-state index is 14.3. The third-order valence-electron chi connectivity index (χ3n) is 4.23. The van der Waals surface area contributed by atoms with Gasteiger partial charge < -0.3 is 14.4 Å². The number of nitrogens with zero attached hydrogens (tertiary/aromatic N) is 3. The van der Waals surface area contributed by atoms with Gasteiger partial charge in [-0.15, -0.1) is 0 Å². The molecule has 2 aromatic rings. The average molecular weight is 443 g/mol. The van der Waals surface area contributed by atoms with Gasteiger partial charge in [0.25, 0.3) is 0 Å². The maximum Gasteiger partial charge on any atom is 0.534 e. The highest BCUT2D eigenvalue weighted by Gasteiger charge is 2.49. The van der Waals surface area contributed by atoms with Gasteiger partial charge in [0.15, 0.2) is 0 Å². The summed E-state index contributed by atoms with van der Waals surface area (Å²) >= 11 is 5.83. The molecular formula is C15H15ClF4N4O3S. The zero-order chi connectivity index (χ0) is 20.7. The summed E-state index contributed by atoms with van der Waals surface area (Å²) in [5.41, 5.74) is -5.63. The number of halogens is 5. The molecule has 1 aliphatic rings. The molecule has 1 saturated heterocycles. The van der Waals surface area contributed by atoms with Crippen LogP contribution >= 0.6 is 11.6 Å². The number of fused-ring (bicyclic) bond motifs is 1. The van der Waals surface area contributed by atoms with Crippen LogP contribution in [0.4, 0.5) is 23.4 Å². The zero-order valence-electron chi connectivity index (χ0n) is 14.4. The van der Waals surface area contributed by atoms with E-state index in [1.165, 1.54) is 18.3 Å². The molecule has 0 spiro atoms. The average Bonchev–Trinajstić information content (AvgIpc) is 2.56. The molecule has 1 fully saturated rings. The van der Waals surface area contributed by atoms with Gasteiger partial charge in [0, 0.05) is 24.7 Å². The summed E-state index contributed by atoms with van der Waals surface area (Å²) in [6.45, 7) is 0.853. The Morgan fingerprint density at radius 2 is 2.07 bits per heavy atom. The molecule has 7 nitrogen and oxygen atoms in total. The van der Waals surface area contributed by atoms with Crippen LogP contribution in [0.1, 0.15) is 6.42 Å². The lowest BCUT2D eigenvalue weighted by Gasteiger charge is -2.33. The summed E-state index contributed by atoms with van der Waals surface area (Å²) in [5, 5.41) is 2.69. The van der Waals surface area contributed by atoms with E-state index in [9.17, 15) is 26.0 Å². The fourth-order valence-electron chi connectivity index (χ4n) is 2.84. The molecule has 13 heteroatoms. The van der Waals surface area contributed by atoms with E-state index in [1.807, 2.05) is 4.90 Å². The Bertz CT molecular complexity index is 989. The lowest BCUT2D eigenvalue weighted by atomic mass is 10.0. The second kappa shape index (κ2) is 7.48. The molecule has 0 radical (unpaired) electrons. The third-order valence-corrected chi connectivity index (χ3v) is 5.37. The van der Waals surface area contributed by atoms with Crippen LogP contribution in [-0.4, -0.2) is 61.1 Å². The molecule has 2 aromatic heterocycles. The van der Waals surface area contributed by atoms with Crippen molar-refractivity contribution in [1.82, 2.24) is 14.9 Å². The minimum absolute atomic E-state index is 0.0712. The fourth-order valence-corrected chi connectivity index (χ4v) is 3.45. The van der Waals surface area contributed by atoms with Crippen molar-refractivity contribution in [3.8, 4) is 5.88 Å². The predicted octanol–water partition coefficient (Wildman–Crippen LogP) is 2.97. The van der Waals surface area contributed by atoms with Crippen molar-refractivity contribution in [3.63, 3.8) is 0 Å². The van der Waals surface area contributed by atoms with Crippen molar-refractivity contribution in [2.24, 2.45) is 0 Å². The Balaban J connectivity index is 2.00. The van der Waals surface area contributed by atoms with Gasteiger partial charge in [-0.3, -0.25) is 0 Å². The summed E-state index contributed by atoms with van der Waals surface area (Å²) in [6.07, 6.45) is 0.491. The number of hydrogen-bond donors (Lipinski definition) is 1. The van der Waals surface area contributed by atoms with E-state index in [1.54, 1.807) is 7.05 Å². The van der Waals surface area contributed by atoms with Gasteiger partial charge in [-0.25, -0.2) is 9.37 Å². The topological polar surface area (TPSA) is 84.4 Å². The molecule has 0 unspecified atom stereocenters. The molecule has 1 aliphatic heterocycles. The molecule has 2 atom stereocenters. The predicted molar refractivity (Wildman–Crippen MR) is 94.6 cm³/mol. The Morgan fingerprint density at radius 3 is 2.71 bits per heavy atom. The molecule has 28 heavy (non-hydrogen) atoms. The number of aromatic nitrogens is 2. The smallest absolute Gasteiger partial charge is 0.364 e. The van der Waals surface area contributed by atoms with E-state index in [0.29, 0.717) is 13.0 Å². The van der Waals surface area contributed by atoms with Gasteiger partial charge in [0.2, 0.25) is 5.88 Å². The van der Waals surface area contributed by atoms with Crippen LogP contribution in [-0.2, 0) is 10.1 Å². The minimum atomic E-state index is -5.94. The second-order valence-electron chi connectivity index (χ2n) is 6.31. The quantitative estimate of drug-likeness (QED) is 0.337. The molecule has 1 N–H and O–H groups in total. The van der Waals surface area contributed by atoms with Crippen LogP contribution in [0.3, 0.4) is 0 Å². The first-order valence-corrected chi connectivity index (χ1v) is 9.82. The molecular weight excluding hydrogens is 428 g/mol. The fraction of sp³-hybridized carbons (Fsp3) is 0.467. The maximum atomic E-state index is 14.3. The number of hydrogen-bond acceptors (Lipinski definition) is 7. The highest BCUT2D eigenvalue weighted by molar-refractivity contribution is 7.88. The van der Waals surface area contributed by atoms with E-state index in [0.717, 1.165) is 0 Å². The highest BCUT2D eigenvalue weighted by Crippen LogP contribution is 2.34. The monoisotopic (exact) mass is 442 g/mol. The normalized spacial score (nSPS) is 21.6. The summed E-state index contributed by atoms with van der Waals surface area (Å²) in [4.78, 5) is 9.44. The van der Waals surface area contributed by atoms with E-state index >= 15 is 0 Å². The summed E-state index contributed by atoms with van der Waals surface area (Å²) in [7, 11) is -4.15. The van der Waals surface area contributed by atoms with Crippen molar-refractivity contribution in [3.05, 3.63) is 23.5 Å². The number of alkyl halides is 4. The number of nitrogens with one attached hydrogen (secondary N) is 1. The lowest BCUT2D eigenvalue weighted by Crippen LogP contribution is -2.46. The van der Waals surface area contributed by atoms with E-state index in [-0.39, 0.29) is 28.3 Å². The van der Waals surface area contributed by atoms with Crippen molar-refractivity contribution < 1.29 is 30.2 Å². The first-order valence-electron chi connectivity index (χ1n) is 8.03. The van der Waals surface area contributed by atoms with Crippen LogP contribution in [0.15, 0.2) is 18.3 Å². The largest absolute Gasteiger partial charge is 0.534 e. The molecule has 3 rings (SSSR count). The molecule has 0 amide bonds. The van der Waals surface area contributed by atoms with Crippen LogP contribution in [0, 0.1) is 0 Å². The number of anilines is 1. The second-order valence-corrected chi connectivity index (χ2v) is 8.23. The number of pyridine rings is 2. The summed E-state index contributed by atoms with van der Waals surface area (Å²) in [5.74, 6) is -0.710. The van der Waals surface area contributed by atoms with Crippen molar-refractivity contribution >= 4 is 38.3 Å². The Kier molecular flexibility index (Phi) is 5.56. The SMILES string of the molecule is CN1CC[C@@H](Nc2nccc3c(OS(=O)(=O)C(F)(F)F)nc(Cl)cc23)[C@@H](F)C1. The number of likely N-dealkylation sites (tertiary alicyclic amines) is 1. The number of piperidine rings is 1. The molecule has 3 heterocycles. The van der Waals surface area contributed by atoms with Gasteiger partial charge in [0.1, 0.15) is 17.1 Å². The Morgan fingerprint density at radius 1 is 1.36 bits per heavy atom. The summed E-state index contributed by atoms with van der Waals surface area (Å²) in [6, 6.07) is 1.93. The van der Waals surface area contributed by atoms with Gasteiger partial charge in [0.05, 0.1) is 11.4 Å². The molecule has 0 saturated carbocycles. The Labute approximate surface area is 162 Å². The van der Waals surface area contributed by atoms with Crippen LogP contribution in [0.5, 0.6) is 5.88 Å². The first-order chi connectivity index (χ1) is 13.0.